The van der Waals surface area contributed by atoms with E-state index >= 15 is 0 Å². The molecule has 144 valence electrons. The predicted molar refractivity (Wildman–Crippen MR) is 106 cm³/mol. The van der Waals surface area contributed by atoms with Gasteiger partial charge in [-0.2, -0.15) is 0 Å². The number of rotatable bonds is 6. The van der Waals surface area contributed by atoms with E-state index in [4.69, 9.17) is 0 Å². The molecule has 1 heterocycles. The number of carbonyl (C=O) groups excluding carboxylic acids is 3. The molecule has 1 aliphatic heterocycles. The van der Waals surface area contributed by atoms with Crippen molar-refractivity contribution in [1.29, 1.82) is 0 Å². The predicted octanol–water partition coefficient (Wildman–Crippen LogP) is 2.67. The zero-order chi connectivity index (χ0) is 19.5. The normalized spacial score (nSPS) is 18.1. The van der Waals surface area contributed by atoms with Crippen molar-refractivity contribution in [1.82, 2.24) is 10.2 Å². The SMILES string of the molecule is O=C(CN1C(=O)N[C@@H](CCc2ccccc2)C1=O)Nc1ccc2c(c1)CCC2. The van der Waals surface area contributed by atoms with Crippen LogP contribution in [0.5, 0.6) is 0 Å². The molecule has 0 aromatic heterocycles. The number of imide groups is 1. The number of hydrogen-bond acceptors (Lipinski definition) is 3. The van der Waals surface area contributed by atoms with Crippen molar-refractivity contribution in [3.63, 3.8) is 0 Å². The first-order chi connectivity index (χ1) is 13.6. The fourth-order valence-electron chi connectivity index (χ4n) is 3.87. The molecule has 2 aromatic rings. The Bertz CT molecular complexity index is 910. The maximum absolute atomic E-state index is 12.5. The third kappa shape index (κ3) is 3.91. The van der Waals surface area contributed by atoms with Gasteiger partial charge in [-0.05, 0) is 60.9 Å². The average molecular weight is 377 g/mol. The highest BCUT2D eigenvalue weighted by Gasteiger charge is 2.38. The third-order valence-corrected chi connectivity index (χ3v) is 5.36. The minimum atomic E-state index is -0.583. The smallest absolute Gasteiger partial charge is 0.325 e. The van der Waals surface area contributed by atoms with Crippen LogP contribution in [0, 0.1) is 0 Å². The Morgan fingerprint density at radius 3 is 2.68 bits per heavy atom. The molecular formula is C22H23N3O3. The lowest BCUT2D eigenvalue weighted by atomic mass is 10.1. The lowest BCUT2D eigenvalue weighted by Crippen LogP contribution is -2.38. The number of fused-ring (bicyclic) bond motifs is 1. The van der Waals surface area contributed by atoms with Crippen LogP contribution in [0.4, 0.5) is 10.5 Å². The molecule has 2 N–H and O–H groups in total. The molecule has 2 aliphatic rings. The van der Waals surface area contributed by atoms with Gasteiger partial charge in [0, 0.05) is 5.69 Å². The molecule has 0 radical (unpaired) electrons. The number of anilines is 1. The van der Waals surface area contributed by atoms with Crippen LogP contribution in [0.15, 0.2) is 48.5 Å². The molecule has 28 heavy (non-hydrogen) atoms. The van der Waals surface area contributed by atoms with Crippen LogP contribution in [0.2, 0.25) is 0 Å². The third-order valence-electron chi connectivity index (χ3n) is 5.36. The lowest BCUT2D eigenvalue weighted by Gasteiger charge is -2.13. The highest BCUT2D eigenvalue weighted by Crippen LogP contribution is 2.25. The standard InChI is InChI=1S/C22H23N3O3/c26-20(23-18-11-10-16-7-4-8-17(16)13-18)14-25-21(27)19(24-22(25)28)12-9-15-5-2-1-3-6-15/h1-3,5-6,10-11,13,19H,4,7-9,12,14H2,(H,23,26)(H,24,28)/t19-/m0/s1. The summed E-state index contributed by atoms with van der Waals surface area (Å²) in [4.78, 5) is 38.1. The van der Waals surface area contributed by atoms with E-state index in [0.29, 0.717) is 18.5 Å². The van der Waals surface area contributed by atoms with E-state index in [1.54, 1.807) is 0 Å². The molecular weight excluding hydrogens is 354 g/mol. The topological polar surface area (TPSA) is 78.5 Å². The Morgan fingerprint density at radius 1 is 1.07 bits per heavy atom. The summed E-state index contributed by atoms with van der Waals surface area (Å²) >= 11 is 0. The number of carbonyl (C=O) groups is 3. The molecule has 6 nitrogen and oxygen atoms in total. The minimum absolute atomic E-state index is 0.274. The summed E-state index contributed by atoms with van der Waals surface area (Å²) in [7, 11) is 0. The molecule has 4 rings (SSSR count). The van der Waals surface area contributed by atoms with Gasteiger partial charge in [-0.3, -0.25) is 14.5 Å². The Morgan fingerprint density at radius 2 is 1.86 bits per heavy atom. The monoisotopic (exact) mass is 377 g/mol. The van der Waals surface area contributed by atoms with Gasteiger partial charge >= 0.3 is 6.03 Å². The number of aryl methyl sites for hydroxylation is 3. The molecule has 0 spiro atoms. The Kier molecular flexibility index (Phi) is 5.10. The highest BCUT2D eigenvalue weighted by atomic mass is 16.2. The van der Waals surface area contributed by atoms with Crippen LogP contribution in [0.25, 0.3) is 0 Å². The second-order valence-electron chi connectivity index (χ2n) is 7.34. The highest BCUT2D eigenvalue weighted by molar-refractivity contribution is 6.07. The first kappa shape index (κ1) is 18.2. The summed E-state index contributed by atoms with van der Waals surface area (Å²) in [5, 5.41) is 5.48. The summed E-state index contributed by atoms with van der Waals surface area (Å²) in [5.74, 6) is -0.713. The Hall–Kier alpha value is -3.15. The molecule has 0 unspecified atom stereocenters. The van der Waals surface area contributed by atoms with Crippen LogP contribution in [0.3, 0.4) is 0 Å². The Balaban J connectivity index is 1.33. The number of urea groups is 1. The second kappa shape index (κ2) is 7.84. The number of benzene rings is 2. The molecule has 1 saturated heterocycles. The fourth-order valence-corrected chi connectivity index (χ4v) is 3.87. The lowest BCUT2D eigenvalue weighted by molar-refractivity contribution is -0.130. The van der Waals surface area contributed by atoms with Gasteiger partial charge in [0.1, 0.15) is 12.6 Å². The van der Waals surface area contributed by atoms with Crippen molar-refractivity contribution in [2.75, 3.05) is 11.9 Å². The molecule has 0 saturated carbocycles. The van der Waals surface area contributed by atoms with Gasteiger partial charge in [-0.25, -0.2) is 4.79 Å². The average Bonchev–Trinajstić information content (AvgIpc) is 3.26. The minimum Gasteiger partial charge on any atom is -0.326 e. The quantitative estimate of drug-likeness (QED) is 0.760. The summed E-state index contributed by atoms with van der Waals surface area (Å²) in [6, 6.07) is 14.6. The van der Waals surface area contributed by atoms with E-state index < -0.39 is 12.1 Å². The molecule has 2 aromatic carbocycles. The van der Waals surface area contributed by atoms with Gasteiger partial charge in [0.15, 0.2) is 0 Å². The van der Waals surface area contributed by atoms with Crippen molar-refractivity contribution in [2.24, 2.45) is 0 Å². The van der Waals surface area contributed by atoms with Gasteiger partial charge in [0.2, 0.25) is 5.91 Å². The van der Waals surface area contributed by atoms with E-state index in [9.17, 15) is 14.4 Å². The van der Waals surface area contributed by atoms with Crippen LogP contribution in [0.1, 0.15) is 29.5 Å². The van der Waals surface area contributed by atoms with Crippen LogP contribution in [-0.4, -0.2) is 35.3 Å². The van der Waals surface area contributed by atoms with Gasteiger partial charge < -0.3 is 10.6 Å². The van der Waals surface area contributed by atoms with Crippen LogP contribution < -0.4 is 10.6 Å². The first-order valence-electron chi connectivity index (χ1n) is 9.67. The van der Waals surface area contributed by atoms with Crippen LogP contribution in [-0.2, 0) is 28.9 Å². The molecule has 4 amide bonds. The van der Waals surface area contributed by atoms with Crippen molar-refractivity contribution in [3.05, 3.63) is 65.2 Å². The van der Waals surface area contributed by atoms with Gasteiger partial charge in [0.25, 0.3) is 5.91 Å². The number of hydrogen-bond donors (Lipinski definition) is 2. The number of amides is 4. The molecule has 6 heteroatoms. The van der Waals surface area contributed by atoms with Crippen molar-refractivity contribution in [2.45, 2.75) is 38.1 Å². The first-order valence-corrected chi connectivity index (χ1v) is 9.67. The summed E-state index contributed by atoms with van der Waals surface area (Å²) < 4.78 is 0. The molecule has 1 fully saturated rings. The van der Waals surface area contributed by atoms with Crippen molar-refractivity contribution < 1.29 is 14.4 Å². The van der Waals surface area contributed by atoms with E-state index in [1.807, 2.05) is 48.5 Å². The van der Waals surface area contributed by atoms with Crippen molar-refractivity contribution in [3.8, 4) is 0 Å². The maximum Gasteiger partial charge on any atom is 0.325 e. The van der Waals surface area contributed by atoms with E-state index in [-0.39, 0.29) is 18.4 Å². The van der Waals surface area contributed by atoms with Gasteiger partial charge in [0.05, 0.1) is 0 Å². The zero-order valence-corrected chi connectivity index (χ0v) is 15.6. The second-order valence-corrected chi connectivity index (χ2v) is 7.34. The van der Waals surface area contributed by atoms with E-state index in [0.717, 1.165) is 29.7 Å². The van der Waals surface area contributed by atoms with Gasteiger partial charge in [-0.1, -0.05) is 36.4 Å². The van der Waals surface area contributed by atoms with E-state index in [2.05, 4.69) is 10.6 Å². The summed E-state index contributed by atoms with van der Waals surface area (Å²) in [6.45, 7) is -0.274. The largest absolute Gasteiger partial charge is 0.326 e. The number of nitrogens with one attached hydrogen (secondary N) is 2. The summed E-state index contributed by atoms with van der Waals surface area (Å²) in [5.41, 5.74) is 4.40. The van der Waals surface area contributed by atoms with Crippen molar-refractivity contribution >= 4 is 23.5 Å². The van der Waals surface area contributed by atoms with Crippen LogP contribution >= 0.6 is 0 Å². The maximum atomic E-state index is 12.5. The summed E-state index contributed by atoms with van der Waals surface area (Å²) in [6.07, 6.45) is 4.44. The molecule has 1 atom stereocenters. The Labute approximate surface area is 163 Å². The number of nitrogens with zero attached hydrogens (tertiary/aromatic N) is 1. The molecule has 1 aliphatic carbocycles. The fraction of sp³-hybridized carbons (Fsp3) is 0.318. The van der Waals surface area contributed by atoms with E-state index in [1.165, 1.54) is 11.1 Å². The zero-order valence-electron chi connectivity index (χ0n) is 15.6. The molecule has 0 bridgehead atoms. The van der Waals surface area contributed by atoms with Gasteiger partial charge in [-0.15, -0.1) is 0 Å².